The first-order chi connectivity index (χ1) is 13.8. The van der Waals surface area contributed by atoms with Crippen LogP contribution >= 0.6 is 0 Å². The number of ether oxygens (including phenoxy) is 2. The van der Waals surface area contributed by atoms with Crippen LogP contribution in [0, 0.1) is 6.92 Å². The van der Waals surface area contributed by atoms with Crippen molar-refractivity contribution in [2.75, 3.05) is 25.6 Å². The monoisotopic (exact) mass is 420 g/mol. The van der Waals surface area contributed by atoms with Gasteiger partial charge in [-0.25, -0.2) is 13.1 Å². The van der Waals surface area contributed by atoms with Gasteiger partial charge in [-0.2, -0.15) is 0 Å². The lowest BCUT2D eigenvalue weighted by Gasteiger charge is -2.11. The molecule has 2 aromatic carbocycles. The number of benzene rings is 2. The van der Waals surface area contributed by atoms with Crippen molar-refractivity contribution < 1.29 is 27.5 Å². The Balaban J connectivity index is 1.75. The molecule has 2 rings (SSSR count). The van der Waals surface area contributed by atoms with E-state index in [9.17, 15) is 18.0 Å². The molecule has 0 aromatic heterocycles. The van der Waals surface area contributed by atoms with E-state index in [2.05, 4.69) is 10.0 Å². The molecule has 9 heteroatoms. The van der Waals surface area contributed by atoms with Crippen LogP contribution in [0.25, 0.3) is 0 Å². The maximum atomic E-state index is 12.0. The summed E-state index contributed by atoms with van der Waals surface area (Å²) in [6.07, 6.45) is 0.577. The van der Waals surface area contributed by atoms with E-state index in [-0.39, 0.29) is 11.3 Å². The van der Waals surface area contributed by atoms with Crippen LogP contribution in [-0.4, -0.2) is 40.6 Å². The largest absolute Gasteiger partial charge is 0.494 e. The normalized spacial score (nSPS) is 11.0. The summed E-state index contributed by atoms with van der Waals surface area (Å²) in [6, 6.07) is 13.7. The van der Waals surface area contributed by atoms with Crippen molar-refractivity contribution in [2.24, 2.45) is 0 Å². The first-order valence-corrected chi connectivity index (χ1v) is 10.5. The molecule has 0 saturated carbocycles. The topological polar surface area (TPSA) is 111 Å². The van der Waals surface area contributed by atoms with Crippen molar-refractivity contribution >= 4 is 27.6 Å². The third kappa shape index (κ3) is 7.20. The van der Waals surface area contributed by atoms with Crippen molar-refractivity contribution in [3.05, 3.63) is 54.1 Å². The molecule has 0 fully saturated rings. The van der Waals surface area contributed by atoms with Gasteiger partial charge in [0.05, 0.1) is 11.5 Å². The van der Waals surface area contributed by atoms with E-state index in [1.165, 1.54) is 13.1 Å². The number of nitrogens with one attached hydrogen (secondary N) is 2. The van der Waals surface area contributed by atoms with Gasteiger partial charge in [0.15, 0.2) is 6.61 Å². The molecule has 0 unspecified atom stereocenters. The van der Waals surface area contributed by atoms with Crippen LogP contribution < -0.4 is 14.8 Å². The van der Waals surface area contributed by atoms with Crippen molar-refractivity contribution in [1.29, 1.82) is 0 Å². The Morgan fingerprint density at radius 1 is 1.07 bits per heavy atom. The van der Waals surface area contributed by atoms with Gasteiger partial charge in [-0.1, -0.05) is 24.3 Å². The van der Waals surface area contributed by atoms with E-state index < -0.39 is 28.5 Å². The number of esters is 1. The molecule has 2 aromatic rings. The van der Waals surface area contributed by atoms with Gasteiger partial charge in [-0.15, -0.1) is 0 Å². The average molecular weight is 420 g/mol. The number of anilines is 1. The van der Waals surface area contributed by atoms with E-state index in [1.54, 1.807) is 19.1 Å². The van der Waals surface area contributed by atoms with E-state index in [0.717, 1.165) is 5.75 Å². The lowest BCUT2D eigenvalue weighted by molar-refractivity contribution is -0.147. The highest BCUT2D eigenvalue weighted by Crippen LogP contribution is 2.20. The van der Waals surface area contributed by atoms with Gasteiger partial charge in [0.1, 0.15) is 5.75 Å². The summed E-state index contributed by atoms with van der Waals surface area (Å²) < 4.78 is 36.6. The SMILES string of the molecule is CNS(=O)(=O)c1cc(NC(=O)COC(=O)CCCOc2ccccc2)ccc1C. The van der Waals surface area contributed by atoms with Crippen molar-refractivity contribution in [3.8, 4) is 5.75 Å². The molecule has 0 spiro atoms. The lowest BCUT2D eigenvalue weighted by atomic mass is 10.2. The van der Waals surface area contributed by atoms with Crippen molar-refractivity contribution in [1.82, 2.24) is 4.72 Å². The molecule has 0 heterocycles. The smallest absolute Gasteiger partial charge is 0.306 e. The standard InChI is InChI=1S/C20H24N2O6S/c1-15-10-11-16(13-18(15)29(25,26)21-2)22-19(23)14-28-20(24)9-6-12-27-17-7-4-3-5-8-17/h3-5,7-8,10-11,13,21H,6,9,12,14H2,1-2H3,(H,22,23). The number of hydrogen-bond donors (Lipinski definition) is 2. The van der Waals surface area contributed by atoms with Crippen LogP contribution in [0.3, 0.4) is 0 Å². The van der Waals surface area contributed by atoms with Crippen LogP contribution in [-0.2, 0) is 24.3 Å². The molecule has 1 amide bonds. The minimum Gasteiger partial charge on any atom is -0.494 e. The number of carbonyl (C=O) groups is 2. The molecule has 0 radical (unpaired) electrons. The summed E-state index contributed by atoms with van der Waals surface area (Å²) in [7, 11) is -2.33. The third-order valence-electron chi connectivity index (χ3n) is 3.93. The summed E-state index contributed by atoms with van der Waals surface area (Å²) in [6.45, 7) is 1.55. The second kappa shape index (κ2) is 10.6. The van der Waals surface area contributed by atoms with Crippen LogP contribution in [0.4, 0.5) is 5.69 Å². The molecule has 0 aliphatic carbocycles. The highest BCUT2D eigenvalue weighted by molar-refractivity contribution is 7.89. The maximum absolute atomic E-state index is 12.0. The molecule has 8 nitrogen and oxygen atoms in total. The molecule has 2 N–H and O–H groups in total. The molecule has 0 aliphatic rings. The highest BCUT2D eigenvalue weighted by atomic mass is 32.2. The predicted octanol–water partition coefficient (Wildman–Crippen LogP) is 2.24. The lowest BCUT2D eigenvalue weighted by Crippen LogP contribution is -2.22. The maximum Gasteiger partial charge on any atom is 0.306 e. The van der Waals surface area contributed by atoms with E-state index in [0.29, 0.717) is 24.3 Å². The fourth-order valence-corrected chi connectivity index (χ4v) is 3.41. The summed E-state index contributed by atoms with van der Waals surface area (Å²) >= 11 is 0. The first-order valence-electron chi connectivity index (χ1n) is 8.99. The van der Waals surface area contributed by atoms with Crippen LogP contribution in [0.5, 0.6) is 5.75 Å². The third-order valence-corrected chi connectivity index (χ3v) is 5.49. The Bertz CT molecular complexity index is 945. The van der Waals surface area contributed by atoms with Gasteiger partial charge in [-0.3, -0.25) is 9.59 Å². The minimum atomic E-state index is -3.64. The number of rotatable bonds is 10. The molecular weight excluding hydrogens is 396 g/mol. The van der Waals surface area contributed by atoms with Crippen LogP contribution in [0.2, 0.25) is 0 Å². The molecule has 0 atom stereocenters. The summed E-state index contributed by atoms with van der Waals surface area (Å²) in [5.74, 6) is -0.354. The highest BCUT2D eigenvalue weighted by Gasteiger charge is 2.16. The van der Waals surface area contributed by atoms with Gasteiger partial charge >= 0.3 is 5.97 Å². The Morgan fingerprint density at radius 2 is 1.79 bits per heavy atom. The molecule has 29 heavy (non-hydrogen) atoms. The summed E-state index contributed by atoms with van der Waals surface area (Å²) in [5.41, 5.74) is 0.836. The van der Waals surface area contributed by atoms with E-state index in [1.807, 2.05) is 30.3 Å². The van der Waals surface area contributed by atoms with Crippen molar-refractivity contribution in [2.45, 2.75) is 24.7 Å². The number of amides is 1. The quantitative estimate of drug-likeness (QED) is 0.451. The number of para-hydroxylation sites is 1. The zero-order valence-corrected chi connectivity index (χ0v) is 17.1. The summed E-state index contributed by atoms with van der Waals surface area (Å²) in [4.78, 5) is 23.8. The number of hydrogen-bond acceptors (Lipinski definition) is 6. The fraction of sp³-hybridized carbons (Fsp3) is 0.300. The Kier molecular flexibility index (Phi) is 8.17. The molecule has 0 saturated heterocycles. The molecular formula is C20H24N2O6S. The van der Waals surface area contributed by atoms with Gasteiger partial charge < -0.3 is 14.8 Å². The molecule has 0 aliphatic heterocycles. The van der Waals surface area contributed by atoms with Crippen LogP contribution in [0.1, 0.15) is 18.4 Å². The second-order valence-electron chi connectivity index (χ2n) is 6.16. The number of carbonyl (C=O) groups excluding carboxylic acids is 2. The Hall–Kier alpha value is -2.91. The number of aryl methyl sites for hydroxylation is 1. The first kappa shape index (κ1) is 22.4. The molecule has 0 bridgehead atoms. The Labute approximate surface area is 170 Å². The van der Waals surface area contributed by atoms with Gasteiger partial charge in [0.25, 0.3) is 5.91 Å². The zero-order valence-electron chi connectivity index (χ0n) is 16.3. The van der Waals surface area contributed by atoms with E-state index >= 15 is 0 Å². The predicted molar refractivity (Wildman–Crippen MR) is 108 cm³/mol. The summed E-state index contributed by atoms with van der Waals surface area (Å²) in [5, 5.41) is 2.52. The second-order valence-corrected chi connectivity index (χ2v) is 8.02. The number of sulfonamides is 1. The molecule has 156 valence electrons. The van der Waals surface area contributed by atoms with Gasteiger partial charge in [0.2, 0.25) is 10.0 Å². The fourth-order valence-electron chi connectivity index (χ4n) is 2.42. The Morgan fingerprint density at radius 3 is 2.48 bits per heavy atom. The van der Waals surface area contributed by atoms with Crippen LogP contribution in [0.15, 0.2) is 53.4 Å². The van der Waals surface area contributed by atoms with Crippen molar-refractivity contribution in [3.63, 3.8) is 0 Å². The zero-order chi connectivity index (χ0) is 21.3. The average Bonchev–Trinajstić information content (AvgIpc) is 2.71. The van der Waals surface area contributed by atoms with Gasteiger partial charge in [-0.05, 0) is 50.2 Å². The van der Waals surface area contributed by atoms with E-state index in [4.69, 9.17) is 9.47 Å². The van der Waals surface area contributed by atoms with Gasteiger partial charge in [0, 0.05) is 12.1 Å². The minimum absolute atomic E-state index is 0.0632.